The van der Waals surface area contributed by atoms with Gasteiger partial charge in [0, 0.05) is 36.8 Å². The van der Waals surface area contributed by atoms with Crippen LogP contribution in [0.1, 0.15) is 45.2 Å². The standard InChI is InChI=1S/C30H36FN3O3/c1-4-37-30(36)33-24-11-12-25-21(15-24)16-27-28(18(2)29(35)34(27)3)26(25)13-10-23-9-8-20(17-32-23)19-6-5-7-22(31)14-19/h5-10,13-14,17-18,21,24-28H,4,11-12,15-16H2,1-3H3,(H,33,36)/t18-,21+,24-,25-,26+,27-,28+/m1/s1. The number of carbonyl (C=O) groups is 2. The molecular formula is C30H36FN3O3. The molecule has 2 saturated carbocycles. The molecule has 2 heterocycles. The quantitative estimate of drug-likeness (QED) is 0.579. The Kier molecular flexibility index (Phi) is 7.31. The maximum absolute atomic E-state index is 13.6. The Balaban J connectivity index is 1.36. The summed E-state index contributed by atoms with van der Waals surface area (Å²) in [5.41, 5.74) is 2.52. The van der Waals surface area contributed by atoms with Crippen LogP contribution >= 0.6 is 0 Å². The number of fused-ring (bicyclic) bond motifs is 2. The van der Waals surface area contributed by atoms with Crippen LogP contribution in [0.25, 0.3) is 17.2 Å². The maximum Gasteiger partial charge on any atom is 0.407 e. The van der Waals surface area contributed by atoms with Gasteiger partial charge in [0.15, 0.2) is 0 Å². The van der Waals surface area contributed by atoms with Crippen LogP contribution in [0.2, 0.25) is 0 Å². The summed E-state index contributed by atoms with van der Waals surface area (Å²) in [7, 11) is 1.94. The van der Waals surface area contributed by atoms with Crippen molar-refractivity contribution >= 4 is 18.1 Å². The van der Waals surface area contributed by atoms with Crippen molar-refractivity contribution in [2.45, 2.75) is 51.6 Å². The molecule has 196 valence electrons. The van der Waals surface area contributed by atoms with E-state index in [9.17, 15) is 14.0 Å². The van der Waals surface area contributed by atoms with Crippen LogP contribution in [0, 0.1) is 35.4 Å². The van der Waals surface area contributed by atoms with Crippen LogP contribution in [0.4, 0.5) is 9.18 Å². The van der Waals surface area contributed by atoms with Crippen molar-refractivity contribution in [3.8, 4) is 11.1 Å². The Labute approximate surface area is 218 Å². The van der Waals surface area contributed by atoms with Crippen LogP contribution in [0.5, 0.6) is 0 Å². The Morgan fingerprint density at radius 3 is 2.78 bits per heavy atom. The molecule has 0 unspecified atom stereocenters. The van der Waals surface area contributed by atoms with E-state index in [0.29, 0.717) is 18.4 Å². The molecule has 1 aliphatic heterocycles. The number of hydrogen-bond donors (Lipinski definition) is 1. The van der Waals surface area contributed by atoms with Crippen molar-refractivity contribution in [1.82, 2.24) is 15.2 Å². The zero-order valence-corrected chi connectivity index (χ0v) is 21.8. The molecule has 0 radical (unpaired) electrons. The minimum atomic E-state index is -0.342. The first-order valence-electron chi connectivity index (χ1n) is 13.5. The number of nitrogens with zero attached hydrogens (tertiary/aromatic N) is 2. The second kappa shape index (κ2) is 10.6. The number of carbonyl (C=O) groups excluding carboxylic acids is 2. The van der Waals surface area contributed by atoms with Crippen molar-refractivity contribution in [1.29, 1.82) is 0 Å². The third-order valence-corrected chi connectivity index (χ3v) is 8.81. The van der Waals surface area contributed by atoms with E-state index in [2.05, 4.69) is 29.4 Å². The third kappa shape index (κ3) is 5.13. The lowest BCUT2D eigenvalue weighted by atomic mass is 9.57. The lowest BCUT2D eigenvalue weighted by molar-refractivity contribution is -0.130. The number of benzene rings is 1. The molecule has 37 heavy (non-hydrogen) atoms. The summed E-state index contributed by atoms with van der Waals surface area (Å²) in [5, 5.41) is 3.04. The molecule has 0 bridgehead atoms. The van der Waals surface area contributed by atoms with Gasteiger partial charge in [0.1, 0.15) is 5.82 Å². The number of allylic oxidation sites excluding steroid dienone is 1. The first kappa shape index (κ1) is 25.4. The first-order valence-corrected chi connectivity index (χ1v) is 13.5. The molecule has 2 aliphatic carbocycles. The van der Waals surface area contributed by atoms with Gasteiger partial charge in [0.25, 0.3) is 0 Å². The fraction of sp³-hybridized carbons (Fsp3) is 0.500. The molecule has 1 aromatic carbocycles. The Bertz CT molecular complexity index is 1170. The number of amides is 2. The van der Waals surface area contributed by atoms with E-state index in [4.69, 9.17) is 4.74 Å². The van der Waals surface area contributed by atoms with E-state index in [-0.39, 0.29) is 47.7 Å². The SMILES string of the molecule is CCOC(=O)N[C@@H]1CC[C@@H]2[C@@H](C1)C[C@@H]1[C@H]([C@H]2C=Cc2ccc(-c3cccc(F)c3)cn2)[C@@H](C)C(=O)N1C. The van der Waals surface area contributed by atoms with Crippen LogP contribution in [0.15, 0.2) is 48.7 Å². The molecule has 2 aromatic rings. The first-order chi connectivity index (χ1) is 17.9. The van der Waals surface area contributed by atoms with Gasteiger partial charge in [-0.2, -0.15) is 0 Å². The topological polar surface area (TPSA) is 71.5 Å². The molecule has 1 saturated heterocycles. The van der Waals surface area contributed by atoms with E-state index in [1.165, 1.54) is 12.1 Å². The highest BCUT2D eigenvalue weighted by Gasteiger charge is 2.54. The highest BCUT2D eigenvalue weighted by Crippen LogP contribution is 2.53. The normalized spacial score (nSPS) is 31.2. The number of ether oxygens (including phenoxy) is 1. The second-order valence-corrected chi connectivity index (χ2v) is 10.8. The van der Waals surface area contributed by atoms with Crippen LogP contribution < -0.4 is 5.32 Å². The highest BCUT2D eigenvalue weighted by atomic mass is 19.1. The predicted octanol–water partition coefficient (Wildman–Crippen LogP) is 5.54. The number of alkyl carbamates (subject to hydrolysis) is 1. The summed E-state index contributed by atoms with van der Waals surface area (Å²) in [6, 6.07) is 10.8. The van der Waals surface area contributed by atoms with E-state index in [1.807, 2.05) is 37.1 Å². The average Bonchev–Trinajstić information content (AvgIpc) is 3.10. The average molecular weight is 506 g/mol. The van der Waals surface area contributed by atoms with Crippen LogP contribution in [0.3, 0.4) is 0 Å². The van der Waals surface area contributed by atoms with Gasteiger partial charge in [-0.15, -0.1) is 0 Å². The fourth-order valence-corrected chi connectivity index (χ4v) is 7.10. The molecule has 1 N–H and O–H groups in total. The number of hydrogen-bond acceptors (Lipinski definition) is 4. The number of aromatic nitrogens is 1. The van der Waals surface area contributed by atoms with Gasteiger partial charge < -0.3 is 15.0 Å². The Morgan fingerprint density at radius 2 is 2.05 bits per heavy atom. The molecule has 0 spiro atoms. The molecule has 5 rings (SSSR count). The zero-order valence-electron chi connectivity index (χ0n) is 21.8. The van der Waals surface area contributed by atoms with E-state index >= 15 is 0 Å². The van der Waals surface area contributed by atoms with Gasteiger partial charge >= 0.3 is 6.09 Å². The molecule has 3 fully saturated rings. The van der Waals surface area contributed by atoms with Gasteiger partial charge in [0.2, 0.25) is 5.91 Å². The number of rotatable bonds is 5. The molecule has 7 atom stereocenters. The van der Waals surface area contributed by atoms with Gasteiger partial charge in [0.05, 0.1) is 12.3 Å². The number of pyridine rings is 1. The monoisotopic (exact) mass is 505 g/mol. The van der Waals surface area contributed by atoms with Crippen molar-refractivity contribution in [3.63, 3.8) is 0 Å². The Hall–Kier alpha value is -3.22. The molecule has 1 aromatic heterocycles. The van der Waals surface area contributed by atoms with E-state index in [0.717, 1.165) is 42.5 Å². The van der Waals surface area contributed by atoms with Crippen molar-refractivity contribution in [2.24, 2.45) is 29.6 Å². The van der Waals surface area contributed by atoms with Gasteiger partial charge in [-0.3, -0.25) is 9.78 Å². The third-order valence-electron chi connectivity index (χ3n) is 8.81. The molecule has 2 amide bonds. The van der Waals surface area contributed by atoms with Crippen molar-refractivity contribution in [3.05, 3.63) is 60.2 Å². The number of halogens is 1. The maximum atomic E-state index is 13.6. The van der Waals surface area contributed by atoms with Crippen molar-refractivity contribution in [2.75, 3.05) is 13.7 Å². The highest BCUT2D eigenvalue weighted by molar-refractivity contribution is 5.81. The van der Waals surface area contributed by atoms with Gasteiger partial charge in [-0.05, 0) is 86.1 Å². The molecule has 7 heteroatoms. The largest absolute Gasteiger partial charge is 0.450 e. The van der Waals surface area contributed by atoms with E-state index in [1.54, 1.807) is 12.3 Å². The molecule has 3 aliphatic rings. The summed E-state index contributed by atoms with van der Waals surface area (Å²) in [6.45, 7) is 4.25. The number of likely N-dealkylation sites (tertiary alicyclic amines) is 1. The zero-order chi connectivity index (χ0) is 26.1. The predicted molar refractivity (Wildman–Crippen MR) is 141 cm³/mol. The number of nitrogens with one attached hydrogen (secondary N) is 1. The minimum absolute atomic E-state index is 0.00991. The minimum Gasteiger partial charge on any atom is -0.450 e. The summed E-state index contributed by atoms with van der Waals surface area (Å²) in [5.74, 6) is 1.39. The van der Waals surface area contributed by atoms with Gasteiger partial charge in [-0.25, -0.2) is 9.18 Å². The lowest BCUT2D eigenvalue weighted by Crippen LogP contribution is -2.50. The Morgan fingerprint density at radius 1 is 1.22 bits per heavy atom. The fourth-order valence-electron chi connectivity index (χ4n) is 7.10. The molecule has 6 nitrogen and oxygen atoms in total. The smallest absolute Gasteiger partial charge is 0.407 e. The molecular weight excluding hydrogens is 469 g/mol. The summed E-state index contributed by atoms with van der Waals surface area (Å²) < 4.78 is 18.7. The lowest BCUT2D eigenvalue weighted by Gasteiger charge is -2.49. The summed E-state index contributed by atoms with van der Waals surface area (Å²) in [6.07, 6.45) is 9.62. The van der Waals surface area contributed by atoms with E-state index < -0.39 is 0 Å². The van der Waals surface area contributed by atoms with Crippen LogP contribution in [-0.4, -0.2) is 47.6 Å². The summed E-state index contributed by atoms with van der Waals surface area (Å²) >= 11 is 0. The summed E-state index contributed by atoms with van der Waals surface area (Å²) in [4.78, 5) is 31.6. The van der Waals surface area contributed by atoms with Crippen LogP contribution in [-0.2, 0) is 9.53 Å². The second-order valence-electron chi connectivity index (χ2n) is 10.8. The van der Waals surface area contributed by atoms with Gasteiger partial charge in [-0.1, -0.05) is 31.2 Å². The van der Waals surface area contributed by atoms with Crippen molar-refractivity contribution < 1.29 is 18.7 Å².